The number of aryl methyl sites for hydroxylation is 1. The molecule has 0 saturated carbocycles. The molecule has 2 aromatic carbocycles. The lowest BCUT2D eigenvalue weighted by atomic mass is 10.2. The molecule has 0 spiro atoms. The molecule has 0 radical (unpaired) electrons. The van der Waals surface area contributed by atoms with E-state index in [-0.39, 0.29) is 5.56 Å². The summed E-state index contributed by atoms with van der Waals surface area (Å²) in [5, 5.41) is 0.589. The van der Waals surface area contributed by atoms with E-state index in [1.54, 1.807) is 29.1 Å². The number of benzene rings is 2. The predicted molar refractivity (Wildman–Crippen MR) is 108 cm³/mol. The Balaban J connectivity index is 1.45. The molecule has 0 amide bonds. The highest BCUT2D eigenvalue weighted by atomic mass is 32.2. The van der Waals surface area contributed by atoms with Crippen LogP contribution in [0.15, 0.2) is 64.5 Å². The molecule has 0 bridgehead atoms. The van der Waals surface area contributed by atoms with Gasteiger partial charge in [0.15, 0.2) is 0 Å². The average Bonchev–Trinajstić information content (AvgIpc) is 2.71. The van der Waals surface area contributed by atoms with Crippen LogP contribution < -0.4 is 5.56 Å². The molecule has 3 aromatic rings. The highest BCUT2D eigenvalue weighted by molar-refractivity contribution is 7.89. The van der Waals surface area contributed by atoms with Crippen LogP contribution in [-0.4, -0.2) is 53.4 Å². The summed E-state index contributed by atoms with van der Waals surface area (Å²) in [6, 6.07) is 14.2. The van der Waals surface area contributed by atoms with Gasteiger partial charge in [-0.25, -0.2) is 13.4 Å². The third-order valence-corrected chi connectivity index (χ3v) is 6.99. The van der Waals surface area contributed by atoms with E-state index in [1.807, 2.05) is 37.3 Å². The average molecular weight is 398 g/mol. The maximum absolute atomic E-state index is 12.8. The minimum absolute atomic E-state index is 0.0830. The van der Waals surface area contributed by atoms with Gasteiger partial charge in [-0.2, -0.15) is 4.31 Å². The number of fused-ring (bicyclic) bond motifs is 1. The zero-order chi connectivity index (χ0) is 19.7. The van der Waals surface area contributed by atoms with Gasteiger partial charge >= 0.3 is 0 Å². The maximum atomic E-state index is 12.8. The molecule has 0 N–H and O–H groups in total. The van der Waals surface area contributed by atoms with Crippen LogP contribution in [0.25, 0.3) is 10.9 Å². The number of hydrogen-bond donors (Lipinski definition) is 0. The van der Waals surface area contributed by atoms with Gasteiger partial charge in [0.25, 0.3) is 5.56 Å². The van der Waals surface area contributed by atoms with E-state index in [2.05, 4.69) is 9.88 Å². The second-order valence-electron chi connectivity index (χ2n) is 7.01. The Labute approximate surface area is 163 Å². The molecule has 1 aliphatic heterocycles. The van der Waals surface area contributed by atoms with Crippen molar-refractivity contribution in [3.8, 4) is 0 Å². The Bertz CT molecular complexity index is 1150. The number of aromatic nitrogens is 2. The molecule has 28 heavy (non-hydrogen) atoms. The zero-order valence-electron chi connectivity index (χ0n) is 15.7. The van der Waals surface area contributed by atoms with Crippen molar-refractivity contribution in [2.24, 2.45) is 0 Å². The molecule has 2 heterocycles. The third-order valence-electron chi connectivity index (χ3n) is 5.07. The second kappa shape index (κ2) is 7.46. The molecular weight excluding hydrogens is 376 g/mol. The Kier molecular flexibility index (Phi) is 5.01. The second-order valence-corrected chi connectivity index (χ2v) is 8.95. The first-order valence-electron chi connectivity index (χ1n) is 9.18. The Morgan fingerprint density at radius 2 is 1.64 bits per heavy atom. The monoisotopic (exact) mass is 398 g/mol. The van der Waals surface area contributed by atoms with Crippen LogP contribution >= 0.6 is 0 Å². The Morgan fingerprint density at radius 3 is 2.36 bits per heavy atom. The molecule has 4 rings (SSSR count). The van der Waals surface area contributed by atoms with E-state index < -0.39 is 10.0 Å². The van der Waals surface area contributed by atoms with E-state index in [9.17, 15) is 13.2 Å². The van der Waals surface area contributed by atoms with Gasteiger partial charge < -0.3 is 0 Å². The quantitative estimate of drug-likeness (QED) is 0.668. The van der Waals surface area contributed by atoms with Crippen molar-refractivity contribution in [2.45, 2.75) is 18.5 Å². The van der Waals surface area contributed by atoms with Crippen molar-refractivity contribution >= 4 is 20.9 Å². The molecule has 1 saturated heterocycles. The molecular formula is C20H22N4O3S. The number of sulfonamides is 1. The number of hydrogen-bond acceptors (Lipinski definition) is 5. The van der Waals surface area contributed by atoms with Crippen LogP contribution in [0.5, 0.6) is 0 Å². The van der Waals surface area contributed by atoms with Gasteiger partial charge in [0.05, 0.1) is 28.8 Å². The minimum Gasteiger partial charge on any atom is -0.285 e. The highest BCUT2D eigenvalue weighted by Gasteiger charge is 2.28. The molecule has 146 valence electrons. The summed E-state index contributed by atoms with van der Waals surface area (Å²) in [5.74, 6) is 0. The van der Waals surface area contributed by atoms with Gasteiger partial charge in [0.2, 0.25) is 10.0 Å². The summed E-state index contributed by atoms with van der Waals surface area (Å²) in [7, 11) is -3.49. The molecule has 7 nitrogen and oxygen atoms in total. The van der Waals surface area contributed by atoms with E-state index in [4.69, 9.17) is 0 Å². The van der Waals surface area contributed by atoms with Gasteiger partial charge in [0.1, 0.15) is 0 Å². The lowest BCUT2D eigenvalue weighted by Crippen LogP contribution is -2.49. The fourth-order valence-electron chi connectivity index (χ4n) is 3.39. The predicted octanol–water partition coefficient (Wildman–Crippen LogP) is 1.67. The fourth-order valence-corrected chi connectivity index (χ4v) is 4.82. The van der Waals surface area contributed by atoms with Crippen LogP contribution in [-0.2, 0) is 16.7 Å². The standard InChI is InChI=1S/C20H22N4O3S/c1-16-6-8-17(9-7-16)28(26,27)24-12-10-22(11-13-24)15-23-14-21-19-5-3-2-4-18(19)20(23)25/h2-9,14H,10-13,15H2,1H3. The summed E-state index contributed by atoms with van der Waals surface area (Å²) in [4.78, 5) is 19.4. The first-order chi connectivity index (χ1) is 13.4. The van der Waals surface area contributed by atoms with Crippen molar-refractivity contribution in [3.63, 3.8) is 0 Å². The van der Waals surface area contributed by atoms with E-state index in [1.165, 1.54) is 4.31 Å². The Morgan fingerprint density at radius 1 is 0.964 bits per heavy atom. The minimum atomic E-state index is -3.49. The SMILES string of the molecule is Cc1ccc(S(=O)(=O)N2CCN(Cn3cnc4ccccc4c3=O)CC2)cc1. The largest absolute Gasteiger partial charge is 0.285 e. The molecule has 1 fully saturated rings. The third kappa shape index (κ3) is 3.58. The first kappa shape index (κ1) is 18.8. The highest BCUT2D eigenvalue weighted by Crippen LogP contribution is 2.18. The van der Waals surface area contributed by atoms with Crippen molar-refractivity contribution < 1.29 is 8.42 Å². The lowest BCUT2D eigenvalue weighted by Gasteiger charge is -2.34. The molecule has 0 atom stereocenters. The topological polar surface area (TPSA) is 75.5 Å². The van der Waals surface area contributed by atoms with Crippen LogP contribution in [0.2, 0.25) is 0 Å². The number of rotatable bonds is 4. The van der Waals surface area contributed by atoms with Crippen molar-refractivity contribution in [1.82, 2.24) is 18.8 Å². The van der Waals surface area contributed by atoms with Crippen molar-refractivity contribution in [3.05, 3.63) is 70.8 Å². The summed E-state index contributed by atoms with van der Waals surface area (Å²) in [6.45, 7) is 4.24. The van der Waals surface area contributed by atoms with Crippen LogP contribution in [0, 0.1) is 6.92 Å². The van der Waals surface area contributed by atoms with Crippen molar-refractivity contribution in [1.29, 1.82) is 0 Å². The summed E-state index contributed by atoms with van der Waals surface area (Å²) >= 11 is 0. The maximum Gasteiger partial charge on any atom is 0.262 e. The van der Waals surface area contributed by atoms with Crippen LogP contribution in [0.4, 0.5) is 0 Å². The Hall–Kier alpha value is -2.55. The smallest absolute Gasteiger partial charge is 0.262 e. The van der Waals surface area contributed by atoms with E-state index in [0.29, 0.717) is 48.6 Å². The molecule has 1 aliphatic rings. The van der Waals surface area contributed by atoms with E-state index >= 15 is 0 Å². The van der Waals surface area contributed by atoms with Crippen molar-refractivity contribution in [2.75, 3.05) is 26.2 Å². The van der Waals surface area contributed by atoms with Gasteiger partial charge in [-0.3, -0.25) is 14.3 Å². The lowest BCUT2D eigenvalue weighted by molar-refractivity contribution is 0.150. The van der Waals surface area contributed by atoms with Gasteiger partial charge in [-0.15, -0.1) is 0 Å². The number of nitrogens with zero attached hydrogens (tertiary/aromatic N) is 4. The molecule has 8 heteroatoms. The van der Waals surface area contributed by atoms with E-state index in [0.717, 1.165) is 5.56 Å². The number of piperazine rings is 1. The number of para-hydroxylation sites is 1. The van der Waals surface area contributed by atoms with Crippen LogP contribution in [0.1, 0.15) is 5.56 Å². The fraction of sp³-hybridized carbons (Fsp3) is 0.300. The summed E-state index contributed by atoms with van der Waals surface area (Å²) in [5.41, 5.74) is 1.62. The summed E-state index contributed by atoms with van der Waals surface area (Å²) in [6.07, 6.45) is 1.56. The summed E-state index contributed by atoms with van der Waals surface area (Å²) < 4.78 is 28.7. The zero-order valence-corrected chi connectivity index (χ0v) is 16.5. The normalized spacial score (nSPS) is 16.5. The van der Waals surface area contributed by atoms with Gasteiger partial charge in [-0.05, 0) is 31.2 Å². The van der Waals surface area contributed by atoms with Gasteiger partial charge in [0, 0.05) is 26.2 Å². The van der Waals surface area contributed by atoms with Gasteiger partial charge in [-0.1, -0.05) is 29.8 Å². The molecule has 1 aromatic heterocycles. The van der Waals surface area contributed by atoms with Crippen LogP contribution in [0.3, 0.4) is 0 Å². The molecule has 0 aliphatic carbocycles. The first-order valence-corrected chi connectivity index (χ1v) is 10.6. The molecule has 0 unspecified atom stereocenters.